The molecule has 4 nitrogen and oxygen atoms in total. The van der Waals surface area contributed by atoms with Gasteiger partial charge in [0.25, 0.3) is 0 Å². The minimum Gasteiger partial charge on any atom is -0.465 e. The second-order valence-corrected chi connectivity index (χ2v) is 6.67. The summed E-state index contributed by atoms with van der Waals surface area (Å²) < 4.78 is 5.67. The van der Waals surface area contributed by atoms with Crippen LogP contribution in [0.25, 0.3) is 0 Å². The number of anilines is 2. The molecule has 7 heteroatoms. The molecule has 0 spiro atoms. The number of benzene rings is 1. The lowest BCUT2D eigenvalue weighted by Gasteiger charge is -2.11. The van der Waals surface area contributed by atoms with Crippen LogP contribution >= 0.6 is 39.5 Å². The highest BCUT2D eigenvalue weighted by Crippen LogP contribution is 2.29. The summed E-state index contributed by atoms with van der Waals surface area (Å²) in [6.07, 6.45) is 0. The van der Waals surface area contributed by atoms with E-state index in [2.05, 4.69) is 26.6 Å². The molecule has 110 valence electrons. The van der Waals surface area contributed by atoms with Gasteiger partial charge in [0.05, 0.1) is 18.4 Å². The van der Waals surface area contributed by atoms with E-state index in [0.717, 1.165) is 15.0 Å². The van der Waals surface area contributed by atoms with Crippen LogP contribution in [0.5, 0.6) is 0 Å². The number of nitrogens with one attached hydrogen (secondary N) is 2. The molecule has 0 radical (unpaired) electrons. The summed E-state index contributed by atoms with van der Waals surface area (Å²) >= 11 is 10.2. The molecule has 0 saturated carbocycles. The Labute approximate surface area is 140 Å². The zero-order chi connectivity index (χ0) is 15.4. The predicted octanol–water partition coefficient (Wildman–Crippen LogP) is 4.41. The van der Waals surface area contributed by atoms with Crippen molar-refractivity contribution >= 4 is 61.3 Å². The molecule has 2 aromatic rings. The Hall–Kier alpha value is -1.44. The van der Waals surface area contributed by atoms with Crippen molar-refractivity contribution in [2.24, 2.45) is 0 Å². The molecule has 0 amide bonds. The molecule has 0 aliphatic carbocycles. The third kappa shape index (κ3) is 4.03. The first-order valence-electron chi connectivity index (χ1n) is 6.02. The van der Waals surface area contributed by atoms with Crippen LogP contribution in [0.4, 0.5) is 10.7 Å². The number of carbonyl (C=O) groups excluding carboxylic acids is 1. The molecular weight excluding hydrogens is 372 g/mol. The number of para-hydroxylation sites is 1. The molecular formula is C14H13BrN2O2S2. The van der Waals surface area contributed by atoms with Gasteiger partial charge in [0.1, 0.15) is 5.00 Å². The Bertz CT molecular complexity index is 685. The third-order valence-electron chi connectivity index (χ3n) is 2.61. The Morgan fingerprint density at radius 2 is 2.05 bits per heavy atom. The maximum absolute atomic E-state index is 11.7. The van der Waals surface area contributed by atoms with Crippen LogP contribution in [0.1, 0.15) is 15.2 Å². The highest BCUT2D eigenvalue weighted by molar-refractivity contribution is 9.10. The average Bonchev–Trinajstić information content (AvgIpc) is 2.81. The first-order chi connectivity index (χ1) is 10.0. The van der Waals surface area contributed by atoms with Gasteiger partial charge in [-0.15, -0.1) is 11.3 Å². The van der Waals surface area contributed by atoms with Crippen LogP contribution < -0.4 is 10.6 Å². The van der Waals surface area contributed by atoms with Crippen LogP contribution in [0.2, 0.25) is 0 Å². The maximum Gasteiger partial charge on any atom is 0.340 e. The number of thiophene rings is 1. The van der Waals surface area contributed by atoms with Gasteiger partial charge in [-0.1, -0.05) is 12.1 Å². The monoisotopic (exact) mass is 384 g/mol. The SMILES string of the molecule is COC(=O)c1cc(C)sc1NC(=S)Nc1ccccc1Br. The van der Waals surface area contributed by atoms with Crippen molar-refractivity contribution < 1.29 is 9.53 Å². The van der Waals surface area contributed by atoms with Crippen molar-refractivity contribution in [3.63, 3.8) is 0 Å². The zero-order valence-electron chi connectivity index (χ0n) is 11.4. The summed E-state index contributed by atoms with van der Waals surface area (Å²) in [6, 6.07) is 9.42. The number of thiocarbonyl (C=S) groups is 1. The number of esters is 1. The molecule has 0 unspecified atom stereocenters. The summed E-state index contributed by atoms with van der Waals surface area (Å²) in [5.74, 6) is -0.384. The smallest absolute Gasteiger partial charge is 0.340 e. The molecule has 0 bridgehead atoms. The van der Waals surface area contributed by atoms with Gasteiger partial charge in [0.15, 0.2) is 5.11 Å². The van der Waals surface area contributed by atoms with E-state index in [1.54, 1.807) is 6.07 Å². The van der Waals surface area contributed by atoms with E-state index in [1.807, 2.05) is 31.2 Å². The minimum atomic E-state index is -0.384. The Kier molecular flexibility index (Phi) is 5.33. The quantitative estimate of drug-likeness (QED) is 0.605. The fraction of sp³-hybridized carbons (Fsp3) is 0.143. The largest absolute Gasteiger partial charge is 0.465 e. The van der Waals surface area contributed by atoms with E-state index in [-0.39, 0.29) is 5.97 Å². The van der Waals surface area contributed by atoms with E-state index in [9.17, 15) is 4.79 Å². The Morgan fingerprint density at radius 1 is 1.33 bits per heavy atom. The molecule has 0 fully saturated rings. The van der Waals surface area contributed by atoms with Crippen LogP contribution in [-0.4, -0.2) is 18.2 Å². The molecule has 2 N–H and O–H groups in total. The van der Waals surface area contributed by atoms with Gasteiger partial charge < -0.3 is 15.4 Å². The summed E-state index contributed by atoms with van der Waals surface area (Å²) in [6.45, 7) is 1.92. The van der Waals surface area contributed by atoms with E-state index < -0.39 is 0 Å². The van der Waals surface area contributed by atoms with Crippen molar-refractivity contribution in [1.82, 2.24) is 0 Å². The van der Waals surface area contributed by atoms with Crippen LogP contribution in [0, 0.1) is 6.92 Å². The average molecular weight is 385 g/mol. The second kappa shape index (κ2) is 7.02. The lowest BCUT2D eigenvalue weighted by Crippen LogP contribution is -2.20. The van der Waals surface area contributed by atoms with Crippen molar-refractivity contribution in [3.05, 3.63) is 45.2 Å². The third-order valence-corrected chi connectivity index (χ3v) is 4.47. The summed E-state index contributed by atoms with van der Waals surface area (Å²) in [4.78, 5) is 12.7. The molecule has 0 aliphatic rings. The van der Waals surface area contributed by atoms with Gasteiger partial charge in [0, 0.05) is 9.35 Å². The second-order valence-electron chi connectivity index (χ2n) is 4.15. The van der Waals surface area contributed by atoms with Crippen LogP contribution in [0.15, 0.2) is 34.8 Å². The van der Waals surface area contributed by atoms with Gasteiger partial charge in [0.2, 0.25) is 0 Å². The zero-order valence-corrected chi connectivity index (χ0v) is 14.6. The maximum atomic E-state index is 11.7. The number of hydrogen-bond acceptors (Lipinski definition) is 4. The van der Waals surface area contributed by atoms with Crippen LogP contribution in [0.3, 0.4) is 0 Å². The number of rotatable bonds is 3. The van der Waals surface area contributed by atoms with E-state index in [0.29, 0.717) is 15.7 Å². The number of halogens is 1. The van der Waals surface area contributed by atoms with Crippen molar-refractivity contribution in [1.29, 1.82) is 0 Å². The van der Waals surface area contributed by atoms with Gasteiger partial charge in [-0.2, -0.15) is 0 Å². The van der Waals surface area contributed by atoms with E-state index >= 15 is 0 Å². The van der Waals surface area contributed by atoms with Crippen LogP contribution in [-0.2, 0) is 4.74 Å². The van der Waals surface area contributed by atoms with Gasteiger partial charge >= 0.3 is 5.97 Å². The Morgan fingerprint density at radius 3 is 2.71 bits per heavy atom. The number of hydrogen-bond donors (Lipinski definition) is 2. The first kappa shape index (κ1) is 15.9. The number of carbonyl (C=O) groups is 1. The van der Waals surface area contributed by atoms with Crippen molar-refractivity contribution in [2.45, 2.75) is 6.92 Å². The lowest BCUT2D eigenvalue weighted by atomic mass is 10.3. The fourth-order valence-corrected chi connectivity index (χ4v) is 3.25. The molecule has 1 aromatic heterocycles. The van der Waals surface area contributed by atoms with Crippen molar-refractivity contribution in [2.75, 3.05) is 17.7 Å². The van der Waals surface area contributed by atoms with Gasteiger partial charge in [-0.3, -0.25) is 0 Å². The highest BCUT2D eigenvalue weighted by atomic mass is 79.9. The number of methoxy groups -OCH3 is 1. The Balaban J connectivity index is 2.13. The summed E-state index contributed by atoms with van der Waals surface area (Å²) in [5, 5.41) is 7.20. The number of ether oxygens (including phenoxy) is 1. The molecule has 1 aromatic carbocycles. The van der Waals surface area contributed by atoms with E-state index in [4.69, 9.17) is 17.0 Å². The topological polar surface area (TPSA) is 50.4 Å². The van der Waals surface area contributed by atoms with E-state index in [1.165, 1.54) is 18.4 Å². The molecule has 0 aliphatic heterocycles. The normalized spacial score (nSPS) is 10.0. The first-order valence-corrected chi connectivity index (χ1v) is 8.04. The molecule has 2 rings (SSSR count). The lowest BCUT2D eigenvalue weighted by molar-refractivity contribution is 0.0602. The predicted molar refractivity (Wildman–Crippen MR) is 94.4 cm³/mol. The van der Waals surface area contributed by atoms with Gasteiger partial charge in [-0.05, 0) is 53.3 Å². The highest BCUT2D eigenvalue weighted by Gasteiger charge is 2.16. The summed E-state index contributed by atoms with van der Waals surface area (Å²) in [5.41, 5.74) is 1.33. The molecule has 1 heterocycles. The van der Waals surface area contributed by atoms with Crippen molar-refractivity contribution in [3.8, 4) is 0 Å². The summed E-state index contributed by atoms with van der Waals surface area (Å²) in [7, 11) is 1.36. The molecule has 0 atom stereocenters. The fourth-order valence-electron chi connectivity index (χ4n) is 1.69. The standard InChI is InChI=1S/C14H13BrN2O2S2/c1-8-7-9(13(18)19-2)12(21-8)17-14(20)16-11-6-4-3-5-10(11)15/h3-7H,1-2H3,(H2,16,17,20). The molecule has 0 saturated heterocycles. The number of aryl methyl sites for hydroxylation is 1. The van der Waals surface area contributed by atoms with Gasteiger partial charge in [-0.25, -0.2) is 4.79 Å². The molecule has 21 heavy (non-hydrogen) atoms. The minimum absolute atomic E-state index is 0.384.